The maximum absolute atomic E-state index is 6.31. The zero-order valence-electron chi connectivity index (χ0n) is 10.6. The van der Waals surface area contributed by atoms with Crippen LogP contribution in [0.4, 0.5) is 0 Å². The molecule has 6 heteroatoms. The van der Waals surface area contributed by atoms with Crippen LogP contribution in [0, 0.1) is 0 Å². The molecule has 2 heterocycles. The van der Waals surface area contributed by atoms with E-state index >= 15 is 0 Å². The predicted molar refractivity (Wildman–Crippen MR) is 66.1 cm³/mol. The van der Waals surface area contributed by atoms with E-state index < -0.39 is 5.54 Å². The van der Waals surface area contributed by atoms with E-state index in [4.69, 9.17) is 14.8 Å². The number of nitrogens with zero attached hydrogens (tertiary/aromatic N) is 3. The quantitative estimate of drug-likeness (QED) is 0.910. The first kappa shape index (κ1) is 11.2. The first-order valence-corrected chi connectivity index (χ1v) is 6.85. The zero-order valence-corrected chi connectivity index (χ0v) is 10.6. The molecule has 2 aromatic heterocycles. The normalized spacial score (nSPS) is 21.9. The fourth-order valence-electron chi connectivity index (χ4n) is 2.71. The Morgan fingerprint density at radius 3 is 2.68 bits per heavy atom. The van der Waals surface area contributed by atoms with Crippen LogP contribution in [0.25, 0.3) is 11.6 Å². The van der Waals surface area contributed by atoms with Gasteiger partial charge in [-0.2, -0.15) is 4.98 Å². The molecule has 100 valence electrons. The Kier molecular flexibility index (Phi) is 2.29. The average Bonchev–Trinajstić information content (AvgIpc) is 2.89. The molecule has 2 aliphatic carbocycles. The van der Waals surface area contributed by atoms with Crippen molar-refractivity contribution in [2.75, 3.05) is 0 Å². The second-order valence-electron chi connectivity index (χ2n) is 5.68. The second-order valence-corrected chi connectivity index (χ2v) is 5.68. The van der Waals surface area contributed by atoms with Gasteiger partial charge in [0, 0.05) is 12.0 Å². The standard InChI is InChI=1S/C13H16N4O2/c14-13(5-1-2-6-13)12-15-11(19-17-12)9-7-10(18-16-9)8-3-4-8/h7-8H,1-6,14H2. The Morgan fingerprint density at radius 2 is 1.95 bits per heavy atom. The molecule has 0 saturated heterocycles. The highest BCUT2D eigenvalue weighted by atomic mass is 16.5. The number of aromatic nitrogens is 3. The minimum absolute atomic E-state index is 0.405. The molecule has 4 rings (SSSR count). The van der Waals surface area contributed by atoms with Crippen LogP contribution in [-0.2, 0) is 5.54 Å². The highest BCUT2D eigenvalue weighted by Gasteiger charge is 2.36. The van der Waals surface area contributed by atoms with Gasteiger partial charge >= 0.3 is 0 Å². The number of rotatable bonds is 3. The Bertz CT molecular complexity index is 593. The summed E-state index contributed by atoms with van der Waals surface area (Å²) in [6, 6.07) is 1.90. The van der Waals surface area contributed by atoms with E-state index in [0.29, 0.717) is 23.3 Å². The summed E-state index contributed by atoms with van der Waals surface area (Å²) in [6.07, 6.45) is 6.42. The monoisotopic (exact) mass is 260 g/mol. The van der Waals surface area contributed by atoms with Crippen LogP contribution >= 0.6 is 0 Å². The molecule has 0 bridgehead atoms. The van der Waals surface area contributed by atoms with Gasteiger partial charge in [0.25, 0.3) is 5.89 Å². The van der Waals surface area contributed by atoms with Crippen LogP contribution < -0.4 is 5.73 Å². The van der Waals surface area contributed by atoms with Crippen molar-refractivity contribution in [3.8, 4) is 11.6 Å². The molecule has 2 aromatic rings. The van der Waals surface area contributed by atoms with Crippen LogP contribution in [0.2, 0.25) is 0 Å². The molecule has 0 amide bonds. The lowest BCUT2D eigenvalue weighted by Gasteiger charge is -2.17. The Labute approximate surface area is 110 Å². The largest absolute Gasteiger partial charge is 0.360 e. The van der Waals surface area contributed by atoms with Gasteiger partial charge in [-0.25, -0.2) is 0 Å². The minimum atomic E-state index is -0.426. The van der Waals surface area contributed by atoms with E-state index in [-0.39, 0.29) is 0 Å². The van der Waals surface area contributed by atoms with Gasteiger partial charge in [-0.3, -0.25) is 0 Å². The lowest BCUT2D eigenvalue weighted by Crippen LogP contribution is -2.34. The summed E-state index contributed by atoms with van der Waals surface area (Å²) in [6.45, 7) is 0. The van der Waals surface area contributed by atoms with Crippen molar-refractivity contribution in [1.29, 1.82) is 0 Å². The zero-order chi connectivity index (χ0) is 12.9. The van der Waals surface area contributed by atoms with E-state index in [0.717, 1.165) is 31.4 Å². The van der Waals surface area contributed by atoms with E-state index in [1.165, 1.54) is 12.8 Å². The van der Waals surface area contributed by atoms with E-state index in [1.807, 2.05) is 6.07 Å². The van der Waals surface area contributed by atoms with Crippen molar-refractivity contribution in [2.24, 2.45) is 5.73 Å². The molecule has 0 aliphatic heterocycles. The van der Waals surface area contributed by atoms with Crippen molar-refractivity contribution in [2.45, 2.75) is 50.0 Å². The third kappa shape index (κ3) is 1.87. The van der Waals surface area contributed by atoms with Gasteiger partial charge in [0.15, 0.2) is 11.5 Å². The molecule has 6 nitrogen and oxygen atoms in total. The van der Waals surface area contributed by atoms with Gasteiger partial charge in [-0.1, -0.05) is 23.2 Å². The fraction of sp³-hybridized carbons (Fsp3) is 0.615. The fourth-order valence-corrected chi connectivity index (χ4v) is 2.71. The Hall–Kier alpha value is -1.69. The topological polar surface area (TPSA) is 91.0 Å². The van der Waals surface area contributed by atoms with Crippen molar-refractivity contribution in [3.63, 3.8) is 0 Å². The molecule has 0 aromatic carbocycles. The molecular formula is C13H16N4O2. The minimum Gasteiger partial charge on any atom is -0.360 e. The van der Waals surface area contributed by atoms with Gasteiger partial charge in [-0.15, -0.1) is 0 Å². The summed E-state index contributed by atoms with van der Waals surface area (Å²) in [5.74, 6) is 2.44. The van der Waals surface area contributed by atoms with E-state index in [2.05, 4.69) is 15.3 Å². The molecule has 0 spiro atoms. The third-order valence-corrected chi connectivity index (χ3v) is 4.09. The summed E-state index contributed by atoms with van der Waals surface area (Å²) in [7, 11) is 0. The first-order valence-electron chi connectivity index (χ1n) is 6.85. The van der Waals surface area contributed by atoms with Crippen LogP contribution in [0.3, 0.4) is 0 Å². The summed E-state index contributed by atoms with van der Waals surface area (Å²) in [4.78, 5) is 4.40. The van der Waals surface area contributed by atoms with Gasteiger partial charge in [0.2, 0.25) is 0 Å². The van der Waals surface area contributed by atoms with Crippen LogP contribution in [0.1, 0.15) is 56.0 Å². The SMILES string of the molecule is NC1(c2noc(-c3cc(C4CC4)on3)n2)CCCC1. The van der Waals surface area contributed by atoms with Gasteiger partial charge in [0.1, 0.15) is 5.76 Å². The Balaban J connectivity index is 1.62. The molecular weight excluding hydrogens is 244 g/mol. The van der Waals surface area contributed by atoms with Crippen molar-refractivity contribution >= 4 is 0 Å². The summed E-state index contributed by atoms with van der Waals surface area (Å²) >= 11 is 0. The second kappa shape index (κ2) is 3.90. The highest BCUT2D eigenvalue weighted by Crippen LogP contribution is 2.41. The third-order valence-electron chi connectivity index (χ3n) is 4.09. The molecule has 2 saturated carbocycles. The van der Waals surface area contributed by atoms with Gasteiger partial charge in [0.05, 0.1) is 5.54 Å². The lowest BCUT2D eigenvalue weighted by molar-refractivity contribution is 0.365. The average molecular weight is 260 g/mol. The molecule has 0 atom stereocenters. The summed E-state index contributed by atoms with van der Waals surface area (Å²) in [5.41, 5.74) is 6.49. The molecule has 0 radical (unpaired) electrons. The van der Waals surface area contributed by atoms with Crippen LogP contribution in [0.15, 0.2) is 15.1 Å². The molecule has 0 unspecified atom stereocenters. The number of hydrogen-bond donors (Lipinski definition) is 1. The van der Waals surface area contributed by atoms with E-state index in [9.17, 15) is 0 Å². The van der Waals surface area contributed by atoms with Crippen molar-refractivity contribution < 1.29 is 9.05 Å². The molecule has 2 N–H and O–H groups in total. The van der Waals surface area contributed by atoms with Gasteiger partial charge in [-0.05, 0) is 25.7 Å². The summed E-state index contributed by atoms with van der Waals surface area (Å²) in [5, 5.41) is 8.02. The van der Waals surface area contributed by atoms with Crippen LogP contribution in [0.5, 0.6) is 0 Å². The van der Waals surface area contributed by atoms with Crippen molar-refractivity contribution in [1.82, 2.24) is 15.3 Å². The van der Waals surface area contributed by atoms with E-state index in [1.54, 1.807) is 0 Å². The van der Waals surface area contributed by atoms with Gasteiger partial charge < -0.3 is 14.8 Å². The maximum atomic E-state index is 6.31. The van der Waals surface area contributed by atoms with Crippen LogP contribution in [-0.4, -0.2) is 15.3 Å². The Morgan fingerprint density at radius 1 is 1.16 bits per heavy atom. The molecule has 2 aliphatic rings. The smallest absolute Gasteiger partial charge is 0.280 e. The first-order chi connectivity index (χ1) is 9.24. The molecule has 19 heavy (non-hydrogen) atoms. The lowest BCUT2D eigenvalue weighted by atomic mass is 9.99. The predicted octanol–water partition coefficient (Wildman–Crippen LogP) is 2.33. The highest BCUT2D eigenvalue weighted by molar-refractivity contribution is 5.46. The molecule has 2 fully saturated rings. The maximum Gasteiger partial charge on any atom is 0.280 e. The number of hydrogen-bond acceptors (Lipinski definition) is 6. The summed E-state index contributed by atoms with van der Waals surface area (Å²) < 4.78 is 10.6. The number of nitrogens with two attached hydrogens (primary N) is 1. The van der Waals surface area contributed by atoms with Crippen molar-refractivity contribution in [3.05, 3.63) is 17.7 Å².